The molecule has 0 aliphatic heterocycles. The van der Waals surface area contributed by atoms with Gasteiger partial charge in [0.25, 0.3) is 0 Å². The summed E-state index contributed by atoms with van der Waals surface area (Å²) in [5, 5.41) is 10.6. The van der Waals surface area contributed by atoms with Crippen LogP contribution in [0.4, 0.5) is 0 Å². The highest BCUT2D eigenvalue weighted by Crippen LogP contribution is 2.27. The molecule has 0 spiro atoms. The fourth-order valence-electron chi connectivity index (χ4n) is 2.72. The number of hydrogen-bond acceptors (Lipinski definition) is 5. The molecule has 19 heavy (non-hydrogen) atoms. The third-order valence-corrected chi connectivity index (χ3v) is 4.22. The summed E-state index contributed by atoms with van der Waals surface area (Å²) in [5.41, 5.74) is 0. The van der Waals surface area contributed by atoms with E-state index in [9.17, 15) is 4.79 Å². The number of nitrogens with zero attached hydrogens (tertiary/aromatic N) is 5. The van der Waals surface area contributed by atoms with E-state index in [2.05, 4.69) is 28.2 Å². The van der Waals surface area contributed by atoms with Crippen molar-refractivity contribution in [1.29, 1.82) is 0 Å². The van der Waals surface area contributed by atoms with Crippen molar-refractivity contribution in [2.45, 2.75) is 50.3 Å². The van der Waals surface area contributed by atoms with Gasteiger partial charge in [0.15, 0.2) is 5.82 Å². The third-order valence-electron chi connectivity index (χ3n) is 3.77. The zero-order valence-corrected chi connectivity index (χ0v) is 12.4. The van der Waals surface area contributed by atoms with E-state index in [4.69, 9.17) is 0 Å². The Balaban J connectivity index is 2.09. The van der Waals surface area contributed by atoms with Gasteiger partial charge in [-0.25, -0.2) is 4.68 Å². The molecule has 2 rings (SSSR count). The Morgan fingerprint density at radius 1 is 1.47 bits per heavy atom. The zero-order chi connectivity index (χ0) is 13.8. The van der Waals surface area contributed by atoms with Crippen LogP contribution < -0.4 is 0 Å². The molecule has 1 saturated carbocycles. The van der Waals surface area contributed by atoms with Crippen molar-refractivity contribution in [3.63, 3.8) is 0 Å². The molecule has 1 amide bonds. The molecule has 0 radical (unpaired) electrons. The van der Waals surface area contributed by atoms with E-state index >= 15 is 0 Å². The van der Waals surface area contributed by atoms with E-state index in [1.807, 2.05) is 11.8 Å². The molecule has 6 nitrogen and oxygen atoms in total. The Morgan fingerprint density at radius 2 is 2.16 bits per heavy atom. The standard InChI is InChI=1S/C12H21N5OS/c1-3-17(9-7-5-4-6-8-9)12(18)10(19)11-13-14-15-16(11)2/h9-10,19H,3-8H2,1-2H3. The van der Waals surface area contributed by atoms with Crippen molar-refractivity contribution in [2.24, 2.45) is 7.05 Å². The van der Waals surface area contributed by atoms with E-state index in [1.165, 1.54) is 23.9 Å². The second kappa shape index (κ2) is 6.36. The van der Waals surface area contributed by atoms with Gasteiger partial charge >= 0.3 is 0 Å². The van der Waals surface area contributed by atoms with Crippen LogP contribution >= 0.6 is 12.6 Å². The maximum atomic E-state index is 12.6. The van der Waals surface area contributed by atoms with Crippen molar-refractivity contribution in [2.75, 3.05) is 6.54 Å². The van der Waals surface area contributed by atoms with Gasteiger partial charge in [-0.05, 0) is 30.2 Å². The van der Waals surface area contributed by atoms with Crippen molar-refractivity contribution >= 4 is 18.5 Å². The summed E-state index contributed by atoms with van der Waals surface area (Å²) in [6.45, 7) is 2.73. The molecule has 0 saturated heterocycles. The fraction of sp³-hybridized carbons (Fsp3) is 0.833. The largest absolute Gasteiger partial charge is 0.339 e. The summed E-state index contributed by atoms with van der Waals surface area (Å²) in [6, 6.07) is 0.349. The lowest BCUT2D eigenvalue weighted by Gasteiger charge is -2.34. The quantitative estimate of drug-likeness (QED) is 0.848. The number of hydrogen-bond donors (Lipinski definition) is 1. The minimum Gasteiger partial charge on any atom is -0.339 e. The minimum atomic E-state index is -0.582. The molecule has 0 N–H and O–H groups in total. The van der Waals surface area contributed by atoms with Gasteiger partial charge in [0.05, 0.1) is 0 Å². The second-order valence-electron chi connectivity index (χ2n) is 4.98. The smallest absolute Gasteiger partial charge is 0.243 e. The van der Waals surface area contributed by atoms with E-state index in [0.717, 1.165) is 12.8 Å². The Bertz CT molecular complexity index is 430. The summed E-state index contributed by atoms with van der Waals surface area (Å²) in [5.74, 6) is 0.512. The molecule has 106 valence electrons. The number of aromatic nitrogens is 4. The lowest BCUT2D eigenvalue weighted by molar-refractivity contribution is -0.133. The first-order valence-electron chi connectivity index (χ1n) is 6.86. The van der Waals surface area contributed by atoms with Gasteiger partial charge < -0.3 is 4.90 Å². The Kier molecular flexibility index (Phi) is 4.79. The molecule has 7 heteroatoms. The van der Waals surface area contributed by atoms with Gasteiger partial charge in [-0.2, -0.15) is 12.6 Å². The number of thiol groups is 1. The Labute approximate surface area is 118 Å². The first-order chi connectivity index (χ1) is 9.15. The predicted molar refractivity (Wildman–Crippen MR) is 74.8 cm³/mol. The van der Waals surface area contributed by atoms with E-state index in [1.54, 1.807) is 7.05 Å². The van der Waals surface area contributed by atoms with Crippen LogP contribution in [0.15, 0.2) is 0 Å². The van der Waals surface area contributed by atoms with Gasteiger partial charge in [0, 0.05) is 19.6 Å². The van der Waals surface area contributed by atoms with Gasteiger partial charge in [0.1, 0.15) is 5.25 Å². The second-order valence-corrected chi connectivity index (χ2v) is 5.50. The molecular formula is C12H21N5OS. The van der Waals surface area contributed by atoms with Crippen molar-refractivity contribution in [3.05, 3.63) is 5.82 Å². The number of rotatable bonds is 4. The maximum absolute atomic E-state index is 12.6. The summed E-state index contributed by atoms with van der Waals surface area (Å²) < 4.78 is 1.50. The van der Waals surface area contributed by atoms with Gasteiger partial charge in [-0.1, -0.05) is 19.3 Å². The molecule has 1 aromatic rings. The highest BCUT2D eigenvalue weighted by molar-refractivity contribution is 7.81. The summed E-state index contributed by atoms with van der Waals surface area (Å²) in [7, 11) is 1.72. The van der Waals surface area contributed by atoms with Crippen LogP contribution in [-0.2, 0) is 11.8 Å². The molecule has 0 bridgehead atoms. The maximum Gasteiger partial charge on any atom is 0.243 e. The molecule has 1 heterocycles. The molecule has 1 aromatic heterocycles. The first-order valence-corrected chi connectivity index (χ1v) is 7.37. The third kappa shape index (κ3) is 3.08. The van der Waals surface area contributed by atoms with Crippen molar-refractivity contribution in [1.82, 2.24) is 25.1 Å². The Morgan fingerprint density at radius 3 is 2.68 bits per heavy atom. The molecule has 1 atom stereocenters. The lowest BCUT2D eigenvalue weighted by atomic mass is 9.94. The molecule has 1 unspecified atom stereocenters. The molecule has 1 aliphatic carbocycles. The van der Waals surface area contributed by atoms with Crippen LogP contribution in [0.5, 0.6) is 0 Å². The fourth-order valence-corrected chi connectivity index (χ4v) is 3.09. The average Bonchev–Trinajstić information content (AvgIpc) is 2.86. The van der Waals surface area contributed by atoms with Crippen molar-refractivity contribution < 1.29 is 4.79 Å². The number of amides is 1. The average molecular weight is 283 g/mol. The van der Waals surface area contributed by atoms with Crippen molar-refractivity contribution in [3.8, 4) is 0 Å². The normalized spacial score (nSPS) is 18.3. The number of aryl methyl sites for hydroxylation is 1. The SMILES string of the molecule is CCN(C(=O)C(S)c1nnnn1C)C1CCCCC1. The monoisotopic (exact) mass is 283 g/mol. The van der Waals surface area contributed by atoms with Crippen LogP contribution in [0.2, 0.25) is 0 Å². The number of carbonyl (C=O) groups excluding carboxylic acids is 1. The van der Waals surface area contributed by atoms with Crippen LogP contribution in [0.1, 0.15) is 50.1 Å². The predicted octanol–water partition coefficient (Wildman–Crippen LogP) is 1.36. The van der Waals surface area contributed by atoms with E-state index < -0.39 is 5.25 Å². The zero-order valence-electron chi connectivity index (χ0n) is 11.5. The molecule has 0 aromatic carbocycles. The van der Waals surface area contributed by atoms with Gasteiger partial charge in [-0.15, -0.1) is 5.10 Å². The summed E-state index contributed by atoms with van der Waals surface area (Å²) in [4.78, 5) is 14.5. The van der Waals surface area contributed by atoms with E-state index in [0.29, 0.717) is 18.4 Å². The van der Waals surface area contributed by atoms with Crippen LogP contribution in [0.25, 0.3) is 0 Å². The summed E-state index contributed by atoms with van der Waals surface area (Å²) >= 11 is 4.41. The molecule has 1 fully saturated rings. The number of likely N-dealkylation sites (N-methyl/N-ethyl adjacent to an activating group) is 1. The van der Waals surface area contributed by atoms with Crippen LogP contribution in [0.3, 0.4) is 0 Å². The summed E-state index contributed by atoms with van der Waals surface area (Å²) in [6.07, 6.45) is 5.88. The number of tetrazole rings is 1. The Hall–Kier alpha value is -1.11. The van der Waals surface area contributed by atoms with Crippen LogP contribution in [-0.4, -0.2) is 43.6 Å². The lowest BCUT2D eigenvalue weighted by Crippen LogP contribution is -2.43. The minimum absolute atomic E-state index is 0.00985. The topological polar surface area (TPSA) is 63.9 Å². The van der Waals surface area contributed by atoms with Gasteiger partial charge in [-0.3, -0.25) is 4.79 Å². The first kappa shape index (κ1) is 14.3. The highest BCUT2D eigenvalue weighted by atomic mass is 32.1. The molecule has 1 aliphatic rings. The molecular weight excluding hydrogens is 262 g/mol. The van der Waals surface area contributed by atoms with Crippen LogP contribution in [0, 0.1) is 0 Å². The van der Waals surface area contributed by atoms with E-state index in [-0.39, 0.29) is 5.91 Å². The highest BCUT2D eigenvalue weighted by Gasteiger charge is 2.31. The van der Waals surface area contributed by atoms with Gasteiger partial charge in [0.2, 0.25) is 5.91 Å². The number of carbonyl (C=O) groups is 1.